The number of fused-ring (bicyclic) bond motifs is 1. The van der Waals surface area contributed by atoms with Crippen LogP contribution in [0.2, 0.25) is 0 Å². The quantitative estimate of drug-likeness (QED) is 0.648. The zero-order valence-electron chi connectivity index (χ0n) is 6.45. The molecule has 64 valence electrons. The highest BCUT2D eigenvalue weighted by molar-refractivity contribution is 8.03. The van der Waals surface area contributed by atoms with E-state index in [-0.39, 0.29) is 11.8 Å². The number of nitrogens with two attached hydrogens (primary N) is 1. The number of hydrogen-bond acceptors (Lipinski definition) is 3. The van der Waals surface area contributed by atoms with Crippen LogP contribution in [0.5, 0.6) is 0 Å². The summed E-state index contributed by atoms with van der Waals surface area (Å²) in [6.07, 6.45) is 3.65. The maximum atomic E-state index is 11.0. The van der Waals surface area contributed by atoms with Gasteiger partial charge in [-0.1, -0.05) is 0 Å². The molecule has 1 unspecified atom stereocenters. The van der Waals surface area contributed by atoms with Crippen LogP contribution in [0.15, 0.2) is 22.8 Å². The van der Waals surface area contributed by atoms with E-state index in [1.54, 1.807) is 18.0 Å². The summed E-state index contributed by atoms with van der Waals surface area (Å²) in [7, 11) is 0. The lowest BCUT2D eigenvalue weighted by atomic mass is 10.00. The van der Waals surface area contributed by atoms with Crippen molar-refractivity contribution in [2.75, 3.05) is 12.4 Å². The number of primary amides is 1. The highest BCUT2D eigenvalue weighted by atomic mass is 32.2. The van der Waals surface area contributed by atoms with Gasteiger partial charge in [-0.15, -0.1) is 11.8 Å². The number of ether oxygens (including phenoxy) is 1. The number of allylic oxidation sites excluding steroid dienone is 1. The second kappa shape index (κ2) is 2.86. The van der Waals surface area contributed by atoms with Crippen molar-refractivity contribution in [1.82, 2.24) is 0 Å². The molecule has 0 spiro atoms. The minimum atomic E-state index is -0.237. The lowest BCUT2D eigenvalue weighted by Crippen LogP contribution is -2.24. The molecular weight excluding hydrogens is 174 g/mol. The van der Waals surface area contributed by atoms with E-state index in [0.717, 1.165) is 16.2 Å². The molecule has 2 heterocycles. The first kappa shape index (κ1) is 7.73. The molecule has 0 aromatic carbocycles. The Morgan fingerprint density at radius 1 is 1.75 bits per heavy atom. The monoisotopic (exact) mass is 183 g/mol. The molecule has 0 aromatic heterocycles. The minimum Gasteiger partial charge on any atom is -0.496 e. The fourth-order valence-corrected chi connectivity index (χ4v) is 2.58. The largest absolute Gasteiger partial charge is 0.496 e. The van der Waals surface area contributed by atoms with Gasteiger partial charge in [-0.05, 0) is 11.6 Å². The van der Waals surface area contributed by atoms with Crippen molar-refractivity contribution >= 4 is 17.7 Å². The Hall–Kier alpha value is -0.900. The fraction of sp³-hybridized carbons (Fsp3) is 0.375. The second-order valence-electron chi connectivity index (χ2n) is 2.74. The molecule has 0 radical (unpaired) electrons. The van der Waals surface area contributed by atoms with Gasteiger partial charge in [0.05, 0.1) is 12.2 Å². The molecule has 1 atom stereocenters. The van der Waals surface area contributed by atoms with E-state index in [1.165, 1.54) is 0 Å². The maximum absolute atomic E-state index is 11.0. The minimum absolute atomic E-state index is 0.106. The zero-order valence-corrected chi connectivity index (χ0v) is 7.26. The molecule has 2 rings (SSSR count). The van der Waals surface area contributed by atoms with E-state index in [4.69, 9.17) is 10.5 Å². The first-order chi connectivity index (χ1) is 5.79. The van der Waals surface area contributed by atoms with Crippen molar-refractivity contribution in [2.24, 2.45) is 11.7 Å². The van der Waals surface area contributed by atoms with Crippen molar-refractivity contribution < 1.29 is 9.53 Å². The van der Waals surface area contributed by atoms with Crippen LogP contribution in [0.25, 0.3) is 0 Å². The molecule has 0 saturated carbocycles. The summed E-state index contributed by atoms with van der Waals surface area (Å²) in [5.74, 6) is 0.417. The summed E-state index contributed by atoms with van der Waals surface area (Å²) in [4.78, 5) is 12.0. The highest BCUT2D eigenvalue weighted by Gasteiger charge is 2.31. The van der Waals surface area contributed by atoms with Gasteiger partial charge in [-0.3, -0.25) is 4.79 Å². The lowest BCUT2D eigenvalue weighted by Gasteiger charge is -2.11. The van der Waals surface area contributed by atoms with Crippen LogP contribution < -0.4 is 5.73 Å². The Bertz CT molecular complexity index is 283. The molecule has 2 N–H and O–H groups in total. The molecular formula is C8H9NO2S. The van der Waals surface area contributed by atoms with E-state index in [9.17, 15) is 4.79 Å². The number of carbonyl (C=O) groups is 1. The van der Waals surface area contributed by atoms with Gasteiger partial charge in [0.1, 0.15) is 6.61 Å². The summed E-state index contributed by atoms with van der Waals surface area (Å²) < 4.78 is 5.10. The molecule has 3 nitrogen and oxygen atoms in total. The molecule has 0 aromatic rings. The predicted octanol–water partition coefficient (Wildman–Crippen LogP) is 0.633. The van der Waals surface area contributed by atoms with Crippen LogP contribution in [-0.2, 0) is 9.53 Å². The normalized spacial score (nSPS) is 26.8. The summed E-state index contributed by atoms with van der Waals surface area (Å²) in [5, 5.41) is 0. The van der Waals surface area contributed by atoms with Crippen LogP contribution in [0.3, 0.4) is 0 Å². The van der Waals surface area contributed by atoms with Crippen LogP contribution in [-0.4, -0.2) is 18.3 Å². The van der Waals surface area contributed by atoms with Gasteiger partial charge in [0.25, 0.3) is 0 Å². The first-order valence-electron chi connectivity index (χ1n) is 3.73. The van der Waals surface area contributed by atoms with Crippen LogP contribution >= 0.6 is 11.8 Å². The van der Waals surface area contributed by atoms with E-state index in [1.807, 2.05) is 6.08 Å². The molecule has 0 bridgehead atoms. The number of thioether (sulfide) groups is 1. The first-order valence-corrected chi connectivity index (χ1v) is 4.72. The molecule has 0 aliphatic carbocycles. The van der Waals surface area contributed by atoms with Gasteiger partial charge < -0.3 is 10.5 Å². The molecule has 4 heteroatoms. The van der Waals surface area contributed by atoms with Gasteiger partial charge in [-0.25, -0.2) is 0 Å². The van der Waals surface area contributed by atoms with E-state index < -0.39 is 0 Å². The van der Waals surface area contributed by atoms with Crippen LogP contribution in [0, 0.1) is 5.92 Å². The molecule has 2 aliphatic heterocycles. The molecule has 1 saturated heterocycles. The Balaban J connectivity index is 2.28. The van der Waals surface area contributed by atoms with Gasteiger partial charge in [0.15, 0.2) is 0 Å². The van der Waals surface area contributed by atoms with Crippen LogP contribution in [0.4, 0.5) is 0 Å². The molecule has 12 heavy (non-hydrogen) atoms. The smallest absolute Gasteiger partial charge is 0.225 e. The summed E-state index contributed by atoms with van der Waals surface area (Å²) >= 11 is 1.63. The Morgan fingerprint density at radius 2 is 2.58 bits per heavy atom. The van der Waals surface area contributed by atoms with Crippen molar-refractivity contribution in [1.29, 1.82) is 0 Å². The summed E-state index contributed by atoms with van der Waals surface area (Å²) in [6, 6.07) is 0. The van der Waals surface area contributed by atoms with E-state index in [2.05, 4.69) is 0 Å². The number of carbonyl (C=O) groups excluding carboxylic acids is 1. The van der Waals surface area contributed by atoms with E-state index >= 15 is 0 Å². The van der Waals surface area contributed by atoms with Crippen molar-refractivity contribution in [3.05, 3.63) is 22.8 Å². The average molecular weight is 183 g/mol. The molecule has 1 amide bonds. The SMILES string of the molecule is NC(=O)C1CSC2=COCC=C21. The lowest BCUT2D eigenvalue weighted by molar-refractivity contribution is -0.120. The second-order valence-corrected chi connectivity index (χ2v) is 3.80. The standard InChI is InChI=1S/C8H9NO2S/c9-8(10)6-4-12-7-3-11-2-1-5(6)7/h1,3,6H,2,4H2,(H2,9,10). The fourth-order valence-electron chi connectivity index (χ4n) is 1.36. The van der Waals surface area contributed by atoms with Gasteiger partial charge in [-0.2, -0.15) is 0 Å². The zero-order chi connectivity index (χ0) is 8.55. The van der Waals surface area contributed by atoms with Gasteiger partial charge >= 0.3 is 0 Å². The van der Waals surface area contributed by atoms with Crippen LogP contribution in [0.1, 0.15) is 0 Å². The summed E-state index contributed by atoms with van der Waals surface area (Å²) in [6.45, 7) is 0.559. The van der Waals surface area contributed by atoms with Gasteiger partial charge in [0.2, 0.25) is 5.91 Å². The predicted molar refractivity (Wildman–Crippen MR) is 47.3 cm³/mol. The average Bonchev–Trinajstić information content (AvgIpc) is 2.47. The third kappa shape index (κ3) is 1.12. The number of amides is 1. The Kier molecular flexibility index (Phi) is 1.84. The number of rotatable bonds is 1. The summed E-state index contributed by atoms with van der Waals surface area (Å²) in [5.41, 5.74) is 6.30. The Labute approximate surface area is 74.6 Å². The van der Waals surface area contributed by atoms with Crippen molar-refractivity contribution in [3.8, 4) is 0 Å². The molecule has 2 aliphatic rings. The van der Waals surface area contributed by atoms with Crippen molar-refractivity contribution in [2.45, 2.75) is 0 Å². The number of hydrogen-bond donors (Lipinski definition) is 1. The van der Waals surface area contributed by atoms with E-state index in [0.29, 0.717) is 6.61 Å². The molecule has 1 fully saturated rings. The third-order valence-corrected chi connectivity index (χ3v) is 3.14. The highest BCUT2D eigenvalue weighted by Crippen LogP contribution is 2.41. The Morgan fingerprint density at radius 3 is 3.33 bits per heavy atom. The maximum Gasteiger partial charge on any atom is 0.225 e. The van der Waals surface area contributed by atoms with Gasteiger partial charge in [0, 0.05) is 10.7 Å². The topological polar surface area (TPSA) is 52.3 Å². The third-order valence-electron chi connectivity index (χ3n) is 2.00. The van der Waals surface area contributed by atoms with Crippen molar-refractivity contribution in [3.63, 3.8) is 0 Å².